The Morgan fingerprint density at radius 1 is 1.35 bits per heavy atom. The Hall–Kier alpha value is -0.990. The van der Waals surface area contributed by atoms with Crippen molar-refractivity contribution < 1.29 is 0 Å². The molecule has 0 bridgehead atoms. The van der Waals surface area contributed by atoms with Crippen LogP contribution < -0.4 is 5.73 Å². The number of hydrogen-bond donors (Lipinski definition) is 1. The quantitative estimate of drug-likeness (QED) is 0.825. The lowest BCUT2D eigenvalue weighted by Gasteiger charge is -2.00. The van der Waals surface area contributed by atoms with Gasteiger partial charge in [0.15, 0.2) is 0 Å². The molecule has 0 saturated heterocycles. The first kappa shape index (κ1) is 11.1. The molecular weight excluding hydrogens is 232 g/mol. The molecule has 0 unspecified atom stereocenters. The number of nitrogens with two attached hydrogens (primary N) is 1. The molecule has 2 nitrogen and oxygen atoms in total. The lowest BCUT2D eigenvalue weighted by atomic mass is 10.0. The van der Waals surface area contributed by atoms with Crippen LogP contribution in [0.5, 0.6) is 0 Å². The molecule has 0 radical (unpaired) electrons. The van der Waals surface area contributed by atoms with Gasteiger partial charge in [0.05, 0.1) is 0 Å². The summed E-state index contributed by atoms with van der Waals surface area (Å²) in [5, 5.41) is 2.06. The highest BCUT2D eigenvalue weighted by Gasteiger charge is 2.56. The second-order valence-electron chi connectivity index (χ2n) is 5.68. The van der Waals surface area contributed by atoms with Crippen LogP contribution in [0, 0.1) is 5.41 Å². The van der Waals surface area contributed by atoms with Crippen LogP contribution >= 0.6 is 11.6 Å². The van der Waals surface area contributed by atoms with Crippen molar-refractivity contribution in [2.45, 2.75) is 25.8 Å². The summed E-state index contributed by atoms with van der Waals surface area (Å²) < 4.78 is 2.14. The molecule has 1 saturated carbocycles. The maximum Gasteiger partial charge on any atom is 0.0495 e. The second-order valence-corrected chi connectivity index (χ2v) is 6.12. The van der Waals surface area contributed by atoms with E-state index in [0.717, 1.165) is 5.02 Å². The molecule has 0 spiro atoms. The van der Waals surface area contributed by atoms with Gasteiger partial charge in [0.2, 0.25) is 0 Å². The number of aromatic nitrogens is 1. The van der Waals surface area contributed by atoms with Crippen molar-refractivity contribution in [3.05, 3.63) is 35.0 Å². The van der Waals surface area contributed by atoms with E-state index < -0.39 is 0 Å². The van der Waals surface area contributed by atoms with Crippen molar-refractivity contribution in [1.29, 1.82) is 0 Å². The van der Waals surface area contributed by atoms with Crippen LogP contribution in [0.2, 0.25) is 5.02 Å². The first-order valence-electron chi connectivity index (χ1n) is 5.93. The molecule has 1 fully saturated rings. The summed E-state index contributed by atoms with van der Waals surface area (Å²) in [6.45, 7) is 4.47. The van der Waals surface area contributed by atoms with Crippen LogP contribution in [0.3, 0.4) is 0 Å². The summed E-state index contributed by atoms with van der Waals surface area (Å²) in [6.07, 6.45) is 2.19. The summed E-state index contributed by atoms with van der Waals surface area (Å²) in [7, 11) is 2.06. The molecule has 17 heavy (non-hydrogen) atoms. The third kappa shape index (κ3) is 1.44. The zero-order valence-corrected chi connectivity index (χ0v) is 11.1. The number of hydrogen-bond acceptors (Lipinski definition) is 1. The van der Waals surface area contributed by atoms with E-state index in [1.807, 2.05) is 12.1 Å². The van der Waals surface area contributed by atoms with E-state index in [1.165, 1.54) is 16.5 Å². The first-order chi connectivity index (χ1) is 7.93. The van der Waals surface area contributed by atoms with Gasteiger partial charge in [0, 0.05) is 41.1 Å². The van der Waals surface area contributed by atoms with Crippen LogP contribution in [0.1, 0.15) is 25.3 Å². The van der Waals surface area contributed by atoms with Crippen molar-refractivity contribution in [3.63, 3.8) is 0 Å². The van der Waals surface area contributed by atoms with Crippen LogP contribution in [0.4, 0.5) is 0 Å². The van der Waals surface area contributed by atoms with Gasteiger partial charge < -0.3 is 10.3 Å². The molecular formula is C14H17ClN2. The fourth-order valence-electron chi connectivity index (χ4n) is 2.91. The number of aryl methyl sites for hydroxylation is 1. The molecule has 1 heterocycles. The van der Waals surface area contributed by atoms with E-state index in [-0.39, 0.29) is 11.5 Å². The lowest BCUT2D eigenvalue weighted by molar-refractivity contribution is 0.599. The van der Waals surface area contributed by atoms with Crippen molar-refractivity contribution in [1.82, 2.24) is 4.57 Å². The number of fused-ring (bicyclic) bond motifs is 1. The van der Waals surface area contributed by atoms with Crippen LogP contribution in [0.25, 0.3) is 10.9 Å². The average molecular weight is 249 g/mol. The highest BCUT2D eigenvalue weighted by Crippen LogP contribution is 2.58. The number of nitrogens with zero attached hydrogens (tertiary/aromatic N) is 1. The van der Waals surface area contributed by atoms with Gasteiger partial charge in [0.1, 0.15) is 0 Å². The molecule has 3 heteroatoms. The average Bonchev–Trinajstić information content (AvgIpc) is 2.60. The minimum absolute atomic E-state index is 0.216. The van der Waals surface area contributed by atoms with Gasteiger partial charge in [-0.3, -0.25) is 0 Å². The molecule has 90 valence electrons. The van der Waals surface area contributed by atoms with Crippen molar-refractivity contribution in [2.75, 3.05) is 0 Å². The Balaban J connectivity index is 2.20. The molecule has 1 aliphatic rings. The van der Waals surface area contributed by atoms with Crippen molar-refractivity contribution in [3.8, 4) is 0 Å². The van der Waals surface area contributed by atoms with Gasteiger partial charge in [-0.05, 0) is 23.1 Å². The van der Waals surface area contributed by atoms with Gasteiger partial charge in [-0.15, -0.1) is 0 Å². The van der Waals surface area contributed by atoms with E-state index in [4.69, 9.17) is 17.3 Å². The zero-order chi connectivity index (χ0) is 12.4. The number of halogens is 1. The Labute approximate surface area is 106 Å². The third-order valence-electron chi connectivity index (χ3n) is 4.23. The monoisotopic (exact) mass is 248 g/mol. The smallest absolute Gasteiger partial charge is 0.0495 e. The Morgan fingerprint density at radius 3 is 2.59 bits per heavy atom. The molecule has 0 aliphatic heterocycles. The van der Waals surface area contributed by atoms with E-state index in [9.17, 15) is 0 Å². The number of benzene rings is 1. The van der Waals surface area contributed by atoms with Crippen molar-refractivity contribution in [2.24, 2.45) is 18.2 Å². The predicted octanol–water partition coefficient (Wildman–Crippen LogP) is 3.28. The van der Waals surface area contributed by atoms with Gasteiger partial charge >= 0.3 is 0 Å². The Bertz CT molecular complexity index is 598. The topological polar surface area (TPSA) is 30.9 Å². The molecule has 2 atom stereocenters. The maximum absolute atomic E-state index is 6.17. The predicted molar refractivity (Wildman–Crippen MR) is 72.4 cm³/mol. The molecule has 1 aliphatic carbocycles. The summed E-state index contributed by atoms with van der Waals surface area (Å²) in [6, 6.07) is 6.34. The summed E-state index contributed by atoms with van der Waals surface area (Å²) in [5.41, 5.74) is 8.93. The fraction of sp³-hybridized carbons (Fsp3) is 0.429. The normalized spacial score (nSPS) is 26.4. The van der Waals surface area contributed by atoms with Crippen LogP contribution in [0.15, 0.2) is 24.4 Å². The Morgan fingerprint density at radius 2 is 2.00 bits per heavy atom. The lowest BCUT2D eigenvalue weighted by Crippen LogP contribution is -2.06. The summed E-state index contributed by atoms with van der Waals surface area (Å²) in [4.78, 5) is 0. The molecule has 1 aromatic carbocycles. The highest BCUT2D eigenvalue weighted by molar-refractivity contribution is 6.31. The Kier molecular flexibility index (Phi) is 2.14. The van der Waals surface area contributed by atoms with Crippen LogP contribution in [-0.4, -0.2) is 10.6 Å². The minimum Gasteiger partial charge on any atom is -0.350 e. The molecule has 0 amide bonds. The van der Waals surface area contributed by atoms with Crippen LogP contribution in [-0.2, 0) is 7.05 Å². The van der Waals surface area contributed by atoms with Gasteiger partial charge in [-0.2, -0.15) is 0 Å². The van der Waals surface area contributed by atoms with E-state index in [2.05, 4.69) is 37.7 Å². The van der Waals surface area contributed by atoms with E-state index in [0.29, 0.717) is 5.92 Å². The SMILES string of the molecule is Cn1cc([C@@H]2[C@@H](N)C2(C)C)c2ccc(Cl)cc21. The molecule has 3 rings (SSSR count). The van der Waals surface area contributed by atoms with Gasteiger partial charge in [-0.1, -0.05) is 31.5 Å². The zero-order valence-electron chi connectivity index (χ0n) is 10.4. The summed E-state index contributed by atoms with van der Waals surface area (Å²) in [5.74, 6) is 0.465. The standard InChI is InChI=1S/C14H17ClN2/c1-14(2)12(13(14)16)10-7-17(3)11-6-8(15)4-5-9(10)11/h4-7,12-13H,16H2,1-3H3/t12-,13-/m1/s1. The van der Waals surface area contributed by atoms with Crippen molar-refractivity contribution >= 4 is 22.5 Å². The van der Waals surface area contributed by atoms with E-state index >= 15 is 0 Å². The highest BCUT2D eigenvalue weighted by atomic mass is 35.5. The second kappa shape index (κ2) is 3.27. The largest absolute Gasteiger partial charge is 0.350 e. The molecule has 2 N–H and O–H groups in total. The summed E-state index contributed by atoms with van der Waals surface area (Å²) >= 11 is 6.04. The van der Waals surface area contributed by atoms with Gasteiger partial charge in [0.25, 0.3) is 0 Å². The molecule has 2 aromatic rings. The number of rotatable bonds is 1. The minimum atomic E-state index is 0.216. The van der Waals surface area contributed by atoms with Gasteiger partial charge in [-0.25, -0.2) is 0 Å². The third-order valence-corrected chi connectivity index (χ3v) is 4.46. The first-order valence-corrected chi connectivity index (χ1v) is 6.31. The molecule has 1 aromatic heterocycles. The fourth-order valence-corrected chi connectivity index (χ4v) is 3.07. The maximum atomic E-state index is 6.17. The van der Waals surface area contributed by atoms with E-state index in [1.54, 1.807) is 0 Å².